The predicted molar refractivity (Wildman–Crippen MR) is 62.8 cm³/mol. The third-order valence-corrected chi connectivity index (χ3v) is 3.82. The van der Waals surface area contributed by atoms with Gasteiger partial charge in [0.25, 0.3) is 0 Å². The largest absolute Gasteiger partial charge is 0.381 e. The summed E-state index contributed by atoms with van der Waals surface area (Å²) in [5, 5.41) is 0. The number of ether oxygens (including phenoxy) is 1. The molecule has 1 fully saturated rings. The molecule has 0 radical (unpaired) electrons. The molecule has 1 unspecified atom stereocenters. The minimum absolute atomic E-state index is 0.108. The maximum Gasteiger partial charge on any atom is 0.158 e. The van der Waals surface area contributed by atoms with Gasteiger partial charge in [0.2, 0.25) is 0 Å². The molecule has 3 rings (SSSR count). The SMILES string of the molecule is O=C(Cn1cnc2c1CCCC2)C1CCOC1. The Morgan fingerprint density at radius 2 is 2.35 bits per heavy atom. The van der Waals surface area contributed by atoms with Gasteiger partial charge in [-0.05, 0) is 32.1 Å². The third kappa shape index (κ3) is 2.14. The van der Waals surface area contributed by atoms with E-state index in [9.17, 15) is 4.79 Å². The van der Waals surface area contributed by atoms with E-state index >= 15 is 0 Å². The topological polar surface area (TPSA) is 44.1 Å². The van der Waals surface area contributed by atoms with Crippen LogP contribution in [-0.2, 0) is 28.9 Å². The summed E-state index contributed by atoms with van der Waals surface area (Å²) in [7, 11) is 0. The first-order valence-corrected chi connectivity index (χ1v) is 6.48. The molecule has 0 spiro atoms. The van der Waals surface area contributed by atoms with Crippen LogP contribution in [0.5, 0.6) is 0 Å². The summed E-state index contributed by atoms with van der Waals surface area (Å²) in [6, 6.07) is 0. The van der Waals surface area contributed by atoms with Crippen LogP contribution in [0.2, 0.25) is 0 Å². The highest BCUT2D eigenvalue weighted by Gasteiger charge is 2.25. The molecule has 92 valence electrons. The molecule has 0 amide bonds. The Morgan fingerprint density at radius 3 is 3.18 bits per heavy atom. The smallest absolute Gasteiger partial charge is 0.158 e. The second kappa shape index (κ2) is 4.61. The number of carbonyl (C=O) groups is 1. The van der Waals surface area contributed by atoms with E-state index in [4.69, 9.17) is 4.74 Å². The number of fused-ring (bicyclic) bond motifs is 1. The fourth-order valence-electron chi connectivity index (χ4n) is 2.75. The van der Waals surface area contributed by atoms with Gasteiger partial charge in [0.1, 0.15) is 0 Å². The molecule has 1 saturated heterocycles. The number of rotatable bonds is 3. The molecule has 0 aromatic carbocycles. The molecule has 4 heteroatoms. The number of hydrogen-bond donors (Lipinski definition) is 0. The van der Waals surface area contributed by atoms with Gasteiger partial charge >= 0.3 is 0 Å². The van der Waals surface area contributed by atoms with E-state index in [-0.39, 0.29) is 5.92 Å². The first kappa shape index (κ1) is 11.0. The molecule has 0 N–H and O–H groups in total. The van der Waals surface area contributed by atoms with Crippen molar-refractivity contribution in [3.05, 3.63) is 17.7 Å². The third-order valence-electron chi connectivity index (χ3n) is 3.82. The van der Waals surface area contributed by atoms with Crippen LogP contribution < -0.4 is 0 Å². The van der Waals surface area contributed by atoms with Gasteiger partial charge in [-0.1, -0.05) is 0 Å². The molecule has 2 heterocycles. The molecule has 17 heavy (non-hydrogen) atoms. The van der Waals surface area contributed by atoms with Crippen molar-refractivity contribution in [1.82, 2.24) is 9.55 Å². The summed E-state index contributed by atoms with van der Waals surface area (Å²) in [5.74, 6) is 0.407. The molecular formula is C13H18N2O2. The molecule has 1 aliphatic heterocycles. The van der Waals surface area contributed by atoms with Crippen molar-refractivity contribution < 1.29 is 9.53 Å². The van der Waals surface area contributed by atoms with Crippen LogP contribution in [0.3, 0.4) is 0 Å². The summed E-state index contributed by atoms with van der Waals surface area (Å²) >= 11 is 0. The Morgan fingerprint density at radius 1 is 1.47 bits per heavy atom. The number of imidazole rings is 1. The molecule has 0 bridgehead atoms. The van der Waals surface area contributed by atoms with E-state index in [1.54, 1.807) is 0 Å². The van der Waals surface area contributed by atoms with E-state index in [0.29, 0.717) is 18.9 Å². The van der Waals surface area contributed by atoms with Gasteiger partial charge in [-0.3, -0.25) is 4.79 Å². The molecular weight excluding hydrogens is 216 g/mol. The summed E-state index contributed by atoms with van der Waals surface area (Å²) in [5.41, 5.74) is 2.48. The number of Topliss-reactive ketones (excluding diaryl/α,β-unsaturated/α-hetero) is 1. The molecule has 4 nitrogen and oxygen atoms in total. The highest BCUT2D eigenvalue weighted by Crippen LogP contribution is 2.21. The van der Waals surface area contributed by atoms with Crippen LogP contribution in [0, 0.1) is 5.92 Å². The van der Waals surface area contributed by atoms with E-state index in [1.807, 2.05) is 6.33 Å². The molecule has 0 saturated carbocycles. The molecule has 1 aliphatic carbocycles. The first-order chi connectivity index (χ1) is 8.34. The minimum atomic E-state index is 0.108. The molecule has 1 atom stereocenters. The monoisotopic (exact) mass is 234 g/mol. The highest BCUT2D eigenvalue weighted by atomic mass is 16.5. The number of nitrogens with zero attached hydrogens (tertiary/aromatic N) is 2. The lowest BCUT2D eigenvalue weighted by atomic mass is 10.00. The summed E-state index contributed by atoms with van der Waals surface area (Å²) in [6.07, 6.45) is 7.32. The van der Waals surface area contributed by atoms with E-state index in [0.717, 1.165) is 25.9 Å². The maximum atomic E-state index is 12.1. The van der Waals surface area contributed by atoms with Crippen molar-refractivity contribution in [3.63, 3.8) is 0 Å². The van der Waals surface area contributed by atoms with E-state index < -0.39 is 0 Å². The van der Waals surface area contributed by atoms with Crippen molar-refractivity contribution in [2.45, 2.75) is 38.6 Å². The quantitative estimate of drug-likeness (QED) is 0.793. The standard InChI is InChI=1S/C13H18N2O2/c16-13(10-5-6-17-8-10)7-15-9-14-11-3-1-2-4-12(11)15/h9-10H,1-8H2. The van der Waals surface area contributed by atoms with Crippen molar-refractivity contribution >= 4 is 5.78 Å². The zero-order chi connectivity index (χ0) is 11.7. The molecule has 2 aliphatic rings. The Kier molecular flexibility index (Phi) is 2.97. The van der Waals surface area contributed by atoms with E-state index in [1.165, 1.54) is 24.2 Å². The fraction of sp³-hybridized carbons (Fsp3) is 0.692. The number of ketones is 1. The zero-order valence-corrected chi connectivity index (χ0v) is 10.0. The number of aromatic nitrogens is 2. The lowest BCUT2D eigenvalue weighted by Crippen LogP contribution is -2.21. The molecule has 1 aromatic heterocycles. The lowest BCUT2D eigenvalue weighted by Gasteiger charge is -2.14. The lowest BCUT2D eigenvalue weighted by molar-refractivity contribution is -0.123. The van der Waals surface area contributed by atoms with Crippen LogP contribution >= 0.6 is 0 Å². The Hall–Kier alpha value is -1.16. The van der Waals surface area contributed by atoms with Crippen molar-refractivity contribution in [1.29, 1.82) is 0 Å². The Balaban J connectivity index is 1.72. The number of aryl methyl sites for hydroxylation is 1. The van der Waals surface area contributed by atoms with Gasteiger partial charge < -0.3 is 9.30 Å². The minimum Gasteiger partial charge on any atom is -0.381 e. The summed E-state index contributed by atoms with van der Waals surface area (Å²) < 4.78 is 7.32. The van der Waals surface area contributed by atoms with Crippen molar-refractivity contribution in [2.24, 2.45) is 5.92 Å². The summed E-state index contributed by atoms with van der Waals surface area (Å²) in [4.78, 5) is 16.5. The average molecular weight is 234 g/mol. The predicted octanol–water partition coefficient (Wildman–Crippen LogP) is 1.37. The van der Waals surface area contributed by atoms with Crippen LogP contribution in [0.4, 0.5) is 0 Å². The second-order valence-electron chi connectivity index (χ2n) is 5.00. The highest BCUT2D eigenvalue weighted by molar-refractivity contribution is 5.81. The number of hydrogen-bond acceptors (Lipinski definition) is 3. The van der Waals surface area contributed by atoms with Crippen LogP contribution in [0.1, 0.15) is 30.7 Å². The average Bonchev–Trinajstić information content (AvgIpc) is 2.98. The van der Waals surface area contributed by atoms with Gasteiger partial charge in [0, 0.05) is 18.2 Å². The zero-order valence-electron chi connectivity index (χ0n) is 10.0. The second-order valence-corrected chi connectivity index (χ2v) is 5.00. The molecule has 1 aromatic rings. The van der Waals surface area contributed by atoms with Crippen LogP contribution in [0.15, 0.2) is 6.33 Å². The van der Waals surface area contributed by atoms with Gasteiger partial charge in [0.05, 0.1) is 25.2 Å². The summed E-state index contributed by atoms with van der Waals surface area (Å²) in [6.45, 7) is 1.82. The first-order valence-electron chi connectivity index (χ1n) is 6.48. The normalized spacial score (nSPS) is 23.6. The number of carbonyl (C=O) groups excluding carboxylic acids is 1. The Labute approximate surface area is 101 Å². The van der Waals surface area contributed by atoms with Gasteiger partial charge in [0.15, 0.2) is 5.78 Å². The van der Waals surface area contributed by atoms with Crippen LogP contribution in [0.25, 0.3) is 0 Å². The van der Waals surface area contributed by atoms with Gasteiger partial charge in [-0.15, -0.1) is 0 Å². The maximum absolute atomic E-state index is 12.1. The fourth-order valence-corrected chi connectivity index (χ4v) is 2.75. The van der Waals surface area contributed by atoms with Crippen molar-refractivity contribution in [2.75, 3.05) is 13.2 Å². The van der Waals surface area contributed by atoms with Gasteiger partial charge in [-0.25, -0.2) is 4.98 Å². The van der Waals surface area contributed by atoms with Crippen LogP contribution in [-0.4, -0.2) is 28.5 Å². The van der Waals surface area contributed by atoms with Crippen molar-refractivity contribution in [3.8, 4) is 0 Å². The Bertz CT molecular complexity index is 419. The van der Waals surface area contributed by atoms with E-state index in [2.05, 4.69) is 9.55 Å². The van der Waals surface area contributed by atoms with Gasteiger partial charge in [-0.2, -0.15) is 0 Å².